The van der Waals surface area contributed by atoms with E-state index >= 15 is 0 Å². The van der Waals surface area contributed by atoms with Crippen molar-refractivity contribution >= 4 is 17.5 Å². The van der Waals surface area contributed by atoms with Crippen LogP contribution in [0.15, 0.2) is 78.4 Å². The number of rotatable bonds is 7. The van der Waals surface area contributed by atoms with Crippen LogP contribution in [0.3, 0.4) is 0 Å². The van der Waals surface area contributed by atoms with Crippen molar-refractivity contribution in [3.63, 3.8) is 0 Å². The Balaban J connectivity index is 1.28. The number of aliphatic hydroxyl groups is 2. The zero-order valence-corrected chi connectivity index (χ0v) is 32.2. The Kier molecular flexibility index (Phi) is 10.7. The second-order valence-electron chi connectivity index (χ2n) is 17.8. The number of para-hydroxylation sites is 1. The summed E-state index contributed by atoms with van der Waals surface area (Å²) in [5, 5.41) is 27.2. The minimum atomic E-state index is -1.30. The predicted molar refractivity (Wildman–Crippen MR) is 208 cm³/mol. The fraction of sp³-hybridized carbons (Fsp3) is 0.522. The summed E-state index contributed by atoms with van der Waals surface area (Å²) >= 11 is 0. The van der Waals surface area contributed by atoms with Crippen LogP contribution in [0.5, 0.6) is 0 Å². The molecule has 6 aliphatic rings. The zero-order chi connectivity index (χ0) is 38.4. The summed E-state index contributed by atoms with van der Waals surface area (Å²) in [6, 6.07) is 18.1. The van der Waals surface area contributed by atoms with E-state index in [0.29, 0.717) is 68.2 Å². The smallest absolute Gasteiger partial charge is 0.321 e. The number of carbonyl (C=O) groups is 2. The maximum atomic E-state index is 14.5. The summed E-state index contributed by atoms with van der Waals surface area (Å²) in [6.07, 6.45) is 8.90. The Hall–Kier alpha value is -3.88. The van der Waals surface area contributed by atoms with Gasteiger partial charge in [-0.2, -0.15) is 0 Å². The fourth-order valence-electron chi connectivity index (χ4n) is 10.7. The van der Waals surface area contributed by atoms with Gasteiger partial charge in [-0.1, -0.05) is 62.8 Å². The van der Waals surface area contributed by atoms with E-state index in [2.05, 4.69) is 39.1 Å². The van der Waals surface area contributed by atoms with Gasteiger partial charge in [0, 0.05) is 28.8 Å². The predicted octanol–water partition coefficient (Wildman–Crippen LogP) is 9.84. The number of hydrogen-bond acceptors (Lipinski definition) is 4. The molecule has 3 N–H and O–H groups in total. The van der Waals surface area contributed by atoms with Crippen LogP contribution in [-0.4, -0.2) is 51.7 Å². The summed E-state index contributed by atoms with van der Waals surface area (Å²) in [7, 11) is 0. The minimum absolute atomic E-state index is 0.0416. The summed E-state index contributed by atoms with van der Waals surface area (Å²) in [4.78, 5) is 30.5. The minimum Gasteiger partial charge on any atom is -0.393 e. The van der Waals surface area contributed by atoms with Gasteiger partial charge in [0.1, 0.15) is 0 Å². The van der Waals surface area contributed by atoms with Crippen LogP contribution >= 0.6 is 0 Å². The van der Waals surface area contributed by atoms with Gasteiger partial charge in [0.05, 0.1) is 18.2 Å². The standard InChI is InChI=1S/C46H56F2N2O4/c1-29-9-8-21-45(4)38(36-18-13-30(23-35(51)17-12-29)24-37(36)42(52)31-15-19-40(47)41(48)25-31)20-22-46(45,54)28-50(43(53)49-34-10-6-5-7-11-34)27-32-14-16-33-26-39(32)44(33,2)3/h5-7,9-11,13,15,18-19,24-25,32-33,35,38-39,51,54H,8,12,14,16-17,20-23,26-28H2,1-4H3,(H,49,53). The highest BCUT2D eigenvalue weighted by Crippen LogP contribution is 2.62. The van der Waals surface area contributed by atoms with Crippen molar-refractivity contribution in [2.75, 3.05) is 18.4 Å². The van der Waals surface area contributed by atoms with Crippen LogP contribution in [0.2, 0.25) is 0 Å². The lowest BCUT2D eigenvalue weighted by Crippen LogP contribution is -2.58. The molecule has 0 radical (unpaired) electrons. The normalized spacial score (nSPS) is 30.4. The summed E-state index contributed by atoms with van der Waals surface area (Å²) in [5.41, 5.74) is 1.99. The Morgan fingerprint density at radius 1 is 0.926 bits per heavy atom. The van der Waals surface area contributed by atoms with Crippen molar-refractivity contribution < 1.29 is 28.6 Å². The molecule has 0 spiro atoms. The quantitative estimate of drug-likeness (QED) is 0.166. The highest BCUT2D eigenvalue weighted by Gasteiger charge is 2.59. The number of urea groups is 1. The van der Waals surface area contributed by atoms with Crippen molar-refractivity contribution in [2.45, 2.75) is 110 Å². The summed E-state index contributed by atoms with van der Waals surface area (Å²) in [5.74, 6) is -1.24. The molecule has 54 heavy (non-hydrogen) atoms. The van der Waals surface area contributed by atoms with Gasteiger partial charge >= 0.3 is 6.03 Å². The maximum Gasteiger partial charge on any atom is 0.321 e. The molecule has 4 fully saturated rings. The number of halogens is 2. The third kappa shape index (κ3) is 7.28. The molecule has 0 heterocycles. The first-order valence-corrected chi connectivity index (χ1v) is 20.0. The van der Waals surface area contributed by atoms with E-state index < -0.39 is 34.5 Å². The fourth-order valence-corrected chi connectivity index (χ4v) is 10.7. The second kappa shape index (κ2) is 15.0. The van der Waals surface area contributed by atoms with Gasteiger partial charge in [-0.3, -0.25) is 4.79 Å². The van der Waals surface area contributed by atoms with Crippen molar-refractivity contribution in [1.82, 2.24) is 4.90 Å². The Morgan fingerprint density at radius 2 is 1.70 bits per heavy atom. The van der Waals surface area contributed by atoms with Crippen molar-refractivity contribution in [3.05, 3.63) is 112 Å². The number of hydrogen-bond donors (Lipinski definition) is 3. The number of ketones is 1. The van der Waals surface area contributed by atoms with Crippen LogP contribution in [0.1, 0.15) is 118 Å². The number of aliphatic hydroxyl groups excluding tert-OH is 1. The average Bonchev–Trinajstić information content (AvgIpc) is 3.40. The molecule has 3 aromatic rings. The van der Waals surface area contributed by atoms with Crippen LogP contribution in [-0.2, 0) is 6.42 Å². The molecular weight excluding hydrogens is 683 g/mol. The molecule has 7 unspecified atom stereocenters. The highest BCUT2D eigenvalue weighted by molar-refractivity contribution is 6.10. The SMILES string of the molecule is CC1=CCCC2(C)C(CCC2(O)CN(CC2CCC3CC2C3(C)C)C(=O)Nc2ccccc2)c2ccc(cc2C(=O)c2ccc(F)c(F)c2)CC(O)CC1. The number of carbonyl (C=O) groups excluding carboxylic acids is 2. The highest BCUT2D eigenvalue weighted by atomic mass is 19.2. The van der Waals surface area contributed by atoms with Gasteiger partial charge in [0.2, 0.25) is 0 Å². The molecule has 6 aliphatic carbocycles. The topological polar surface area (TPSA) is 89.9 Å². The van der Waals surface area contributed by atoms with E-state index in [-0.39, 0.29) is 29.5 Å². The number of anilines is 1. The van der Waals surface area contributed by atoms with Crippen molar-refractivity contribution in [2.24, 2.45) is 28.6 Å². The lowest BCUT2D eigenvalue weighted by molar-refractivity contribution is -0.117. The molecule has 0 aromatic heterocycles. The number of allylic oxidation sites excluding steroid dienone is 2. The van der Waals surface area contributed by atoms with Crippen LogP contribution in [0.4, 0.5) is 19.3 Å². The maximum absolute atomic E-state index is 14.5. The summed E-state index contributed by atoms with van der Waals surface area (Å²) in [6.45, 7) is 9.61. The van der Waals surface area contributed by atoms with E-state index in [4.69, 9.17) is 0 Å². The molecular formula is C46H56F2N2O4. The molecule has 0 saturated heterocycles. The van der Waals surface area contributed by atoms with Gasteiger partial charge in [-0.25, -0.2) is 13.6 Å². The van der Waals surface area contributed by atoms with E-state index in [1.54, 1.807) is 6.07 Å². The Morgan fingerprint density at radius 3 is 2.43 bits per heavy atom. The lowest BCUT2D eigenvalue weighted by atomic mass is 9.45. The van der Waals surface area contributed by atoms with Crippen LogP contribution in [0, 0.1) is 40.2 Å². The number of amides is 2. The van der Waals surface area contributed by atoms with E-state index in [1.165, 1.54) is 18.1 Å². The van der Waals surface area contributed by atoms with Crippen LogP contribution < -0.4 is 5.32 Å². The zero-order valence-electron chi connectivity index (χ0n) is 32.2. The van der Waals surface area contributed by atoms with Gasteiger partial charge in [0.25, 0.3) is 0 Å². The molecule has 8 heteroatoms. The number of benzene rings is 3. The van der Waals surface area contributed by atoms with Crippen molar-refractivity contribution in [1.29, 1.82) is 0 Å². The molecule has 288 valence electrons. The van der Waals surface area contributed by atoms with Gasteiger partial charge < -0.3 is 20.4 Å². The number of fused-ring (bicyclic) bond motifs is 10. The van der Waals surface area contributed by atoms with Crippen molar-refractivity contribution in [3.8, 4) is 0 Å². The molecule has 4 bridgehead atoms. The molecule has 3 aromatic carbocycles. The first-order chi connectivity index (χ1) is 25.7. The van der Waals surface area contributed by atoms with Gasteiger partial charge in [0.15, 0.2) is 17.4 Å². The lowest BCUT2D eigenvalue weighted by Gasteiger charge is -2.60. The first kappa shape index (κ1) is 38.4. The second-order valence-corrected chi connectivity index (χ2v) is 17.8. The average molecular weight is 739 g/mol. The van der Waals surface area contributed by atoms with E-state index in [9.17, 15) is 28.6 Å². The monoisotopic (exact) mass is 738 g/mol. The Bertz CT molecular complexity index is 1910. The largest absolute Gasteiger partial charge is 0.393 e. The third-order valence-electron chi connectivity index (χ3n) is 14.3. The van der Waals surface area contributed by atoms with E-state index in [1.807, 2.05) is 47.4 Å². The third-order valence-corrected chi connectivity index (χ3v) is 14.3. The summed E-state index contributed by atoms with van der Waals surface area (Å²) < 4.78 is 28.5. The van der Waals surface area contributed by atoms with E-state index in [0.717, 1.165) is 48.4 Å². The molecule has 0 aliphatic heterocycles. The molecule has 4 saturated carbocycles. The van der Waals surface area contributed by atoms with Crippen LogP contribution in [0.25, 0.3) is 0 Å². The molecule has 2 amide bonds. The molecule has 7 atom stereocenters. The van der Waals surface area contributed by atoms with Gasteiger partial charge in [-0.15, -0.1) is 0 Å². The number of nitrogens with zero attached hydrogens (tertiary/aromatic N) is 1. The Labute approximate surface area is 319 Å². The molecule has 9 rings (SSSR count). The number of nitrogens with one attached hydrogen (secondary N) is 1. The van der Waals surface area contributed by atoms with Gasteiger partial charge in [-0.05, 0) is 148 Å². The first-order valence-electron chi connectivity index (χ1n) is 20.0. The molecule has 6 nitrogen and oxygen atoms in total.